The van der Waals surface area contributed by atoms with Gasteiger partial charge in [0.2, 0.25) is 5.95 Å². The third kappa shape index (κ3) is 3.58. The molecule has 2 N–H and O–H groups in total. The smallest absolute Gasteiger partial charge is 0.321 e. The first-order chi connectivity index (χ1) is 16.3. The van der Waals surface area contributed by atoms with Crippen LogP contribution >= 0.6 is 0 Å². The Balaban J connectivity index is 1.53. The summed E-state index contributed by atoms with van der Waals surface area (Å²) in [5, 5.41) is 4.97. The van der Waals surface area contributed by atoms with Crippen LogP contribution in [0.25, 0.3) is 16.6 Å². The van der Waals surface area contributed by atoms with Crippen molar-refractivity contribution in [2.45, 2.75) is 32.2 Å². The Kier molecular flexibility index (Phi) is 5.29. The molecule has 1 aromatic carbocycles. The zero-order valence-electron chi connectivity index (χ0n) is 18.5. The maximum absolute atomic E-state index is 14.4. The average Bonchev–Trinajstić information content (AvgIpc) is 3.27. The molecule has 1 aliphatic heterocycles. The van der Waals surface area contributed by atoms with Crippen LogP contribution < -0.4 is 20.9 Å². The highest BCUT2D eigenvalue weighted by Crippen LogP contribution is 2.32. The quantitative estimate of drug-likeness (QED) is 0.485. The number of rotatable bonds is 4. The number of methoxy groups -OCH3 is 1. The molecule has 0 amide bonds. The molecule has 1 aliphatic rings. The molecule has 12 heteroatoms. The van der Waals surface area contributed by atoms with Crippen molar-refractivity contribution in [1.29, 1.82) is 0 Å². The number of nitrogen functional groups attached to an aromatic ring is 1. The van der Waals surface area contributed by atoms with E-state index in [2.05, 4.69) is 15.1 Å². The Hall–Kier alpha value is -3.83. The number of hydrogen-bond donors (Lipinski definition) is 1. The van der Waals surface area contributed by atoms with E-state index in [1.54, 1.807) is 6.07 Å². The maximum atomic E-state index is 14.4. The lowest BCUT2D eigenvalue weighted by Crippen LogP contribution is -2.36. The summed E-state index contributed by atoms with van der Waals surface area (Å²) in [5.41, 5.74) is 6.95. The van der Waals surface area contributed by atoms with E-state index < -0.39 is 17.9 Å². The van der Waals surface area contributed by atoms with Gasteiger partial charge in [0.15, 0.2) is 23.0 Å². The van der Waals surface area contributed by atoms with Gasteiger partial charge in [-0.3, -0.25) is 9.36 Å². The van der Waals surface area contributed by atoms with Gasteiger partial charge < -0.3 is 15.4 Å². The fourth-order valence-corrected chi connectivity index (χ4v) is 4.44. The van der Waals surface area contributed by atoms with Gasteiger partial charge in [-0.25, -0.2) is 14.4 Å². The van der Waals surface area contributed by atoms with Crippen molar-refractivity contribution >= 4 is 28.2 Å². The molecule has 34 heavy (non-hydrogen) atoms. The number of fused-ring (bicyclic) bond motifs is 3. The molecule has 178 valence electrons. The second-order valence-corrected chi connectivity index (χ2v) is 8.34. The van der Waals surface area contributed by atoms with Crippen molar-refractivity contribution < 1.29 is 17.9 Å². The zero-order valence-corrected chi connectivity index (χ0v) is 18.5. The number of halogens is 3. The molecule has 4 aromatic rings. The number of piperidine rings is 1. The fraction of sp³-hybridized carbons (Fsp3) is 0.364. The van der Waals surface area contributed by atoms with Crippen LogP contribution in [0.15, 0.2) is 29.2 Å². The number of anilines is 2. The number of hydrogen-bond acceptors (Lipinski definition) is 7. The lowest BCUT2D eigenvalue weighted by atomic mass is 9.97. The number of aromatic nitrogens is 5. The van der Waals surface area contributed by atoms with Gasteiger partial charge >= 0.3 is 6.55 Å². The van der Waals surface area contributed by atoms with E-state index in [0.29, 0.717) is 45.7 Å². The molecule has 0 spiro atoms. The van der Waals surface area contributed by atoms with E-state index >= 15 is 0 Å². The zero-order chi connectivity index (χ0) is 24.1. The van der Waals surface area contributed by atoms with Crippen molar-refractivity contribution in [3.8, 4) is 5.75 Å². The predicted molar refractivity (Wildman–Crippen MR) is 120 cm³/mol. The van der Waals surface area contributed by atoms with Crippen LogP contribution in [0, 0.1) is 12.7 Å². The van der Waals surface area contributed by atoms with E-state index in [9.17, 15) is 18.0 Å². The number of nitrogens with zero attached hydrogens (tertiary/aromatic N) is 6. The van der Waals surface area contributed by atoms with E-state index in [1.807, 2.05) is 4.90 Å². The monoisotopic (exact) mass is 473 g/mol. The van der Waals surface area contributed by atoms with Crippen LogP contribution in [0.1, 0.15) is 36.7 Å². The largest absolute Gasteiger partial charge is 0.494 e. The summed E-state index contributed by atoms with van der Waals surface area (Å²) in [4.78, 5) is 22.9. The molecule has 0 aliphatic carbocycles. The summed E-state index contributed by atoms with van der Waals surface area (Å²) in [6.07, 6.45) is 2.73. The molecule has 3 aromatic heterocycles. The summed E-state index contributed by atoms with van der Waals surface area (Å²) in [7, 11) is 1.37. The Labute approximate surface area is 191 Å². The van der Waals surface area contributed by atoms with Gasteiger partial charge in [-0.1, -0.05) is 0 Å². The van der Waals surface area contributed by atoms with Crippen LogP contribution in [-0.2, 0) is 0 Å². The molecule has 1 unspecified atom stereocenters. The van der Waals surface area contributed by atoms with Gasteiger partial charge in [0.25, 0.3) is 5.56 Å². The van der Waals surface area contributed by atoms with Crippen LogP contribution in [0.5, 0.6) is 5.75 Å². The maximum Gasteiger partial charge on any atom is 0.321 e. The van der Waals surface area contributed by atoms with Gasteiger partial charge in [-0.15, -0.1) is 5.10 Å². The molecule has 9 nitrogen and oxygen atoms in total. The summed E-state index contributed by atoms with van der Waals surface area (Å²) in [6, 6.07) is 4.36. The standard InChI is InChI=1S/C22H22F3N7O2/c1-11-6-13(10-31(20(11)33)21(24)25)30-5-3-4-12(9-30)18-28-19-14-7-15(23)17(34-2)8-16(14)27-22(26)32(19)29-18/h6-8,10,12,21H,3-5,9H2,1-2H3,(H2,26,27). The fourth-order valence-electron chi connectivity index (χ4n) is 4.44. The molecule has 1 fully saturated rings. The van der Waals surface area contributed by atoms with Crippen molar-refractivity contribution in [2.24, 2.45) is 0 Å². The number of ether oxygens (including phenoxy) is 1. The highest BCUT2D eigenvalue weighted by atomic mass is 19.3. The van der Waals surface area contributed by atoms with E-state index in [4.69, 9.17) is 10.5 Å². The third-order valence-corrected chi connectivity index (χ3v) is 6.16. The van der Waals surface area contributed by atoms with Crippen LogP contribution in [0.4, 0.5) is 24.8 Å². The first-order valence-electron chi connectivity index (χ1n) is 10.7. The number of alkyl halides is 2. The first-order valence-corrected chi connectivity index (χ1v) is 10.7. The first kappa shape index (κ1) is 22.0. The van der Waals surface area contributed by atoms with Gasteiger partial charge in [-0.05, 0) is 31.9 Å². The third-order valence-electron chi connectivity index (χ3n) is 6.16. The van der Waals surface area contributed by atoms with Crippen molar-refractivity contribution in [3.63, 3.8) is 0 Å². The van der Waals surface area contributed by atoms with Gasteiger partial charge in [0.05, 0.1) is 18.3 Å². The highest BCUT2D eigenvalue weighted by molar-refractivity contribution is 5.93. The summed E-state index contributed by atoms with van der Waals surface area (Å²) in [5.74, 6) is -0.0327. The van der Waals surface area contributed by atoms with Crippen molar-refractivity contribution in [1.82, 2.24) is 24.1 Å². The summed E-state index contributed by atoms with van der Waals surface area (Å²) in [6.45, 7) is -0.298. The van der Waals surface area contributed by atoms with Crippen LogP contribution in [-0.4, -0.2) is 44.3 Å². The van der Waals surface area contributed by atoms with Gasteiger partial charge in [0, 0.05) is 42.2 Å². The lowest BCUT2D eigenvalue weighted by Gasteiger charge is -2.33. The molecule has 1 saturated heterocycles. The predicted octanol–water partition coefficient (Wildman–Crippen LogP) is 3.26. The normalized spacial score (nSPS) is 16.6. The van der Waals surface area contributed by atoms with E-state index in [0.717, 1.165) is 12.8 Å². The van der Waals surface area contributed by atoms with Crippen molar-refractivity contribution in [3.05, 3.63) is 52.0 Å². The molecule has 0 radical (unpaired) electrons. The summed E-state index contributed by atoms with van der Waals surface area (Å²) < 4.78 is 47.9. The molecule has 4 heterocycles. The molecule has 5 rings (SSSR count). The van der Waals surface area contributed by atoms with Gasteiger partial charge in [-0.2, -0.15) is 13.3 Å². The number of aryl methyl sites for hydroxylation is 1. The second kappa shape index (κ2) is 8.19. The molecule has 0 bridgehead atoms. The minimum absolute atomic E-state index is 0.0480. The second-order valence-electron chi connectivity index (χ2n) is 8.34. The van der Waals surface area contributed by atoms with Crippen LogP contribution in [0.2, 0.25) is 0 Å². The van der Waals surface area contributed by atoms with E-state index in [1.165, 1.54) is 36.9 Å². The Morgan fingerprint density at radius 3 is 2.76 bits per heavy atom. The topological polar surface area (TPSA) is 104 Å². The number of pyridine rings is 1. The Morgan fingerprint density at radius 2 is 2.03 bits per heavy atom. The molecule has 1 atom stereocenters. The average molecular weight is 473 g/mol. The molecular formula is C22H22F3N7O2. The Bertz CT molecular complexity index is 1470. The van der Waals surface area contributed by atoms with Gasteiger partial charge in [0.1, 0.15) is 0 Å². The number of benzene rings is 1. The SMILES string of the molecule is COc1cc2nc(N)n3nc(C4CCCN(c5cc(C)c(=O)n(C(F)F)c5)C4)nc3c2cc1F. The summed E-state index contributed by atoms with van der Waals surface area (Å²) >= 11 is 0. The lowest BCUT2D eigenvalue weighted by molar-refractivity contribution is 0.0662. The van der Waals surface area contributed by atoms with Crippen molar-refractivity contribution in [2.75, 3.05) is 30.8 Å². The molecular weight excluding hydrogens is 451 g/mol. The Morgan fingerprint density at radius 1 is 1.24 bits per heavy atom. The van der Waals surface area contributed by atoms with Crippen LogP contribution in [0.3, 0.4) is 0 Å². The molecule has 0 saturated carbocycles. The number of nitrogens with two attached hydrogens (primary N) is 1. The highest BCUT2D eigenvalue weighted by Gasteiger charge is 2.27. The minimum Gasteiger partial charge on any atom is -0.494 e. The van der Waals surface area contributed by atoms with E-state index in [-0.39, 0.29) is 23.2 Å². The minimum atomic E-state index is -2.92.